The number of aromatic nitrogens is 5. The first-order valence-corrected chi connectivity index (χ1v) is 5.23. The highest BCUT2D eigenvalue weighted by Crippen LogP contribution is 2.13. The second-order valence-corrected chi connectivity index (χ2v) is 4.18. The number of hydrogen-bond donors (Lipinski definition) is 0. The molecule has 0 amide bonds. The summed E-state index contributed by atoms with van der Waals surface area (Å²) in [5.41, 5.74) is -0.868. The Hall–Kier alpha value is -2.05. The minimum atomic E-state index is -0.598. The van der Waals surface area contributed by atoms with E-state index in [1.165, 1.54) is 11.7 Å². The van der Waals surface area contributed by atoms with Crippen LogP contribution in [0.1, 0.15) is 25.6 Å². The van der Waals surface area contributed by atoms with Gasteiger partial charge in [0.2, 0.25) is 0 Å². The third kappa shape index (κ3) is 1.73. The molecule has 0 saturated carbocycles. The molecule has 2 heterocycles. The molecule has 0 spiro atoms. The molecule has 0 aromatic carbocycles. The molecule has 0 bridgehead atoms. The first-order valence-electron chi connectivity index (χ1n) is 5.23. The first-order chi connectivity index (χ1) is 7.91. The Bertz CT molecular complexity index is 655. The monoisotopic (exact) mass is 235 g/mol. The topological polar surface area (TPSA) is 82.7 Å². The molecule has 7 heteroatoms. The predicted molar refractivity (Wildman–Crippen MR) is 61.0 cm³/mol. The van der Waals surface area contributed by atoms with E-state index in [2.05, 4.69) is 15.1 Å². The Balaban J connectivity index is 2.93. The van der Waals surface area contributed by atoms with Gasteiger partial charge in [0.1, 0.15) is 0 Å². The summed E-state index contributed by atoms with van der Waals surface area (Å²) in [4.78, 5) is 31.3. The molecule has 0 aliphatic carbocycles. The standard InChI is InChI=1S/C10H13N5O2/c1-5(2)7-11-6-8(15(4)13-7)12-10(17)14(3)9(6)16/h5H,1-4H3. The molecular formula is C10H13N5O2. The number of rotatable bonds is 1. The minimum absolute atomic E-state index is 0.0993. The van der Waals surface area contributed by atoms with Gasteiger partial charge in [-0.2, -0.15) is 10.1 Å². The van der Waals surface area contributed by atoms with E-state index in [4.69, 9.17) is 0 Å². The fraction of sp³-hybridized carbons (Fsp3) is 0.500. The molecular weight excluding hydrogens is 222 g/mol. The van der Waals surface area contributed by atoms with Crippen LogP contribution in [0.15, 0.2) is 9.59 Å². The molecule has 0 unspecified atom stereocenters. The summed E-state index contributed by atoms with van der Waals surface area (Å²) in [6.07, 6.45) is 0. The van der Waals surface area contributed by atoms with Crippen LogP contribution < -0.4 is 11.2 Å². The minimum Gasteiger partial charge on any atom is -0.267 e. The van der Waals surface area contributed by atoms with Gasteiger partial charge in [0.15, 0.2) is 17.3 Å². The van der Waals surface area contributed by atoms with Crippen LogP contribution in [0.3, 0.4) is 0 Å². The molecule has 90 valence electrons. The molecule has 0 aromatic rings. The highest BCUT2D eigenvalue weighted by molar-refractivity contribution is 5.47. The van der Waals surface area contributed by atoms with E-state index >= 15 is 0 Å². The summed E-state index contributed by atoms with van der Waals surface area (Å²) in [5, 5.41) is 4.17. The van der Waals surface area contributed by atoms with E-state index in [0.29, 0.717) is 5.82 Å². The van der Waals surface area contributed by atoms with Crippen molar-refractivity contribution in [1.29, 1.82) is 0 Å². The van der Waals surface area contributed by atoms with Crippen molar-refractivity contribution >= 4 is 0 Å². The molecule has 0 atom stereocenters. The number of nitrogens with zero attached hydrogens (tertiary/aromatic N) is 5. The lowest BCUT2D eigenvalue weighted by atomic mass is 10.2. The van der Waals surface area contributed by atoms with Crippen molar-refractivity contribution in [2.75, 3.05) is 0 Å². The van der Waals surface area contributed by atoms with Gasteiger partial charge in [0, 0.05) is 20.0 Å². The maximum Gasteiger partial charge on any atom is 0.352 e. The van der Waals surface area contributed by atoms with Gasteiger partial charge in [-0.05, 0) is 0 Å². The summed E-state index contributed by atoms with van der Waals surface area (Å²) in [7, 11) is 3.02. The molecule has 2 aliphatic heterocycles. The van der Waals surface area contributed by atoms with E-state index < -0.39 is 11.2 Å². The predicted octanol–water partition coefficient (Wildman–Crippen LogP) is -0.503. The van der Waals surface area contributed by atoms with Crippen LogP contribution in [-0.2, 0) is 14.1 Å². The average Bonchev–Trinajstić information content (AvgIpc) is 2.27. The van der Waals surface area contributed by atoms with Crippen LogP contribution in [0.2, 0.25) is 0 Å². The van der Waals surface area contributed by atoms with Crippen molar-refractivity contribution in [3.05, 3.63) is 26.7 Å². The van der Waals surface area contributed by atoms with Gasteiger partial charge in [-0.15, -0.1) is 0 Å². The first kappa shape index (κ1) is 11.4. The molecule has 0 fully saturated rings. The highest BCUT2D eigenvalue weighted by atomic mass is 16.2. The fourth-order valence-corrected chi connectivity index (χ4v) is 1.47. The number of fused-ring (bicyclic) bond motifs is 1. The lowest BCUT2D eigenvalue weighted by Crippen LogP contribution is -2.37. The van der Waals surface area contributed by atoms with Crippen LogP contribution in [0.5, 0.6) is 0 Å². The Kier molecular flexibility index (Phi) is 2.53. The fourth-order valence-electron chi connectivity index (χ4n) is 1.47. The SMILES string of the molecule is CC(C)c1nc2c(=O)n(C)c(=O)nc-2n(C)n1. The van der Waals surface area contributed by atoms with Crippen molar-refractivity contribution in [2.24, 2.45) is 14.1 Å². The van der Waals surface area contributed by atoms with Gasteiger partial charge in [0.05, 0.1) is 0 Å². The second kappa shape index (κ2) is 3.76. The molecule has 0 N–H and O–H groups in total. The molecule has 0 radical (unpaired) electrons. The van der Waals surface area contributed by atoms with Crippen LogP contribution in [0.4, 0.5) is 0 Å². The summed E-state index contributed by atoms with van der Waals surface area (Å²) in [5.74, 6) is 0.863. The van der Waals surface area contributed by atoms with Crippen LogP contribution in [0, 0.1) is 0 Å². The highest BCUT2D eigenvalue weighted by Gasteiger charge is 2.19. The van der Waals surface area contributed by atoms with Crippen LogP contribution in [-0.4, -0.2) is 24.3 Å². The van der Waals surface area contributed by atoms with Crippen molar-refractivity contribution < 1.29 is 0 Å². The number of aryl methyl sites for hydroxylation is 1. The van der Waals surface area contributed by atoms with Gasteiger partial charge in [-0.3, -0.25) is 9.36 Å². The Morgan fingerprint density at radius 1 is 1.12 bits per heavy atom. The van der Waals surface area contributed by atoms with Crippen LogP contribution >= 0.6 is 0 Å². The molecule has 17 heavy (non-hydrogen) atoms. The molecule has 0 aromatic heterocycles. The van der Waals surface area contributed by atoms with Gasteiger partial charge in [-0.25, -0.2) is 14.5 Å². The normalized spacial score (nSPS) is 11.4. The van der Waals surface area contributed by atoms with Crippen molar-refractivity contribution in [3.63, 3.8) is 0 Å². The molecule has 7 nitrogen and oxygen atoms in total. The Labute approximate surface area is 97.1 Å². The smallest absolute Gasteiger partial charge is 0.267 e. The van der Waals surface area contributed by atoms with E-state index in [9.17, 15) is 9.59 Å². The third-order valence-electron chi connectivity index (χ3n) is 2.51. The van der Waals surface area contributed by atoms with Gasteiger partial charge < -0.3 is 0 Å². The largest absolute Gasteiger partial charge is 0.352 e. The Morgan fingerprint density at radius 2 is 1.76 bits per heavy atom. The van der Waals surface area contributed by atoms with Gasteiger partial charge >= 0.3 is 5.69 Å². The quantitative estimate of drug-likeness (QED) is 0.665. The number of hydrogen-bond acceptors (Lipinski definition) is 5. The summed E-state index contributed by atoms with van der Waals surface area (Å²) in [6.45, 7) is 3.86. The maximum atomic E-state index is 11.9. The zero-order valence-electron chi connectivity index (χ0n) is 10.1. The Morgan fingerprint density at radius 3 is 2.35 bits per heavy atom. The van der Waals surface area contributed by atoms with Gasteiger partial charge in [0.25, 0.3) is 5.56 Å². The lowest BCUT2D eigenvalue weighted by molar-refractivity contribution is 0.620. The van der Waals surface area contributed by atoms with Gasteiger partial charge in [-0.1, -0.05) is 13.8 Å². The summed E-state index contributed by atoms with van der Waals surface area (Å²) in [6, 6.07) is 0. The van der Waals surface area contributed by atoms with E-state index in [-0.39, 0.29) is 17.4 Å². The summed E-state index contributed by atoms with van der Waals surface area (Å²) < 4.78 is 2.36. The summed E-state index contributed by atoms with van der Waals surface area (Å²) >= 11 is 0. The zero-order valence-corrected chi connectivity index (χ0v) is 10.1. The van der Waals surface area contributed by atoms with E-state index in [0.717, 1.165) is 4.57 Å². The van der Waals surface area contributed by atoms with Crippen LogP contribution in [0.25, 0.3) is 11.5 Å². The van der Waals surface area contributed by atoms with E-state index in [1.807, 2.05) is 13.8 Å². The van der Waals surface area contributed by atoms with Crippen molar-refractivity contribution in [3.8, 4) is 11.5 Å². The average molecular weight is 235 g/mol. The molecule has 2 aliphatic rings. The zero-order chi connectivity index (χ0) is 12.7. The molecule has 0 saturated heterocycles. The maximum absolute atomic E-state index is 11.9. The molecule has 2 rings (SSSR count). The third-order valence-corrected chi connectivity index (χ3v) is 2.51. The van der Waals surface area contributed by atoms with Crippen molar-refractivity contribution in [1.82, 2.24) is 24.3 Å². The second-order valence-electron chi connectivity index (χ2n) is 4.18. The van der Waals surface area contributed by atoms with Crippen molar-refractivity contribution in [2.45, 2.75) is 19.8 Å². The van der Waals surface area contributed by atoms with E-state index in [1.54, 1.807) is 7.05 Å². The lowest BCUT2D eigenvalue weighted by Gasteiger charge is -2.12.